The van der Waals surface area contributed by atoms with Crippen LogP contribution in [0.2, 0.25) is 5.02 Å². The number of β-amino-alcohol motifs (C(OH)–C–C–N with tert-alkyl or cyclic N) is 1. The third-order valence-corrected chi connectivity index (χ3v) is 3.08. The van der Waals surface area contributed by atoms with Gasteiger partial charge in [0.15, 0.2) is 0 Å². The smallest absolute Gasteiger partial charge is 0.241 e. The second-order valence-electron chi connectivity index (χ2n) is 4.37. The third-order valence-electron chi connectivity index (χ3n) is 2.85. The van der Waals surface area contributed by atoms with Crippen molar-refractivity contribution < 1.29 is 9.63 Å². The molecule has 1 fully saturated rings. The van der Waals surface area contributed by atoms with E-state index in [0.717, 1.165) is 5.56 Å². The van der Waals surface area contributed by atoms with Crippen molar-refractivity contribution in [2.75, 3.05) is 13.1 Å². The maximum Gasteiger partial charge on any atom is 0.241 e. The number of hydrogen-bond acceptors (Lipinski definition) is 5. The third kappa shape index (κ3) is 2.38. The number of aliphatic hydroxyl groups is 1. The monoisotopic (exact) mass is 265 g/mol. The second kappa shape index (κ2) is 4.68. The summed E-state index contributed by atoms with van der Waals surface area (Å²) in [6.07, 6.45) is -0.222. The molecule has 94 valence electrons. The first-order valence-corrected chi connectivity index (χ1v) is 6.07. The molecule has 6 heteroatoms. The molecule has 0 unspecified atom stereocenters. The molecule has 0 amide bonds. The van der Waals surface area contributed by atoms with Crippen molar-refractivity contribution in [1.82, 2.24) is 15.0 Å². The van der Waals surface area contributed by atoms with Gasteiger partial charge in [-0.05, 0) is 12.1 Å². The van der Waals surface area contributed by atoms with Gasteiger partial charge in [0, 0.05) is 23.7 Å². The summed E-state index contributed by atoms with van der Waals surface area (Å²) in [4.78, 5) is 6.35. The molecule has 18 heavy (non-hydrogen) atoms. The number of hydrogen-bond donors (Lipinski definition) is 1. The summed E-state index contributed by atoms with van der Waals surface area (Å²) < 4.78 is 5.17. The Morgan fingerprint density at radius 1 is 1.44 bits per heavy atom. The molecule has 2 heterocycles. The van der Waals surface area contributed by atoms with E-state index in [1.54, 1.807) is 12.1 Å². The molecule has 1 aromatic heterocycles. The zero-order valence-electron chi connectivity index (χ0n) is 9.58. The molecule has 0 aliphatic carbocycles. The van der Waals surface area contributed by atoms with Gasteiger partial charge in [-0.25, -0.2) is 0 Å². The van der Waals surface area contributed by atoms with Gasteiger partial charge in [0.2, 0.25) is 11.7 Å². The van der Waals surface area contributed by atoms with Gasteiger partial charge in [-0.2, -0.15) is 4.98 Å². The topological polar surface area (TPSA) is 62.4 Å². The van der Waals surface area contributed by atoms with Crippen LogP contribution in [0, 0.1) is 0 Å². The van der Waals surface area contributed by atoms with E-state index >= 15 is 0 Å². The van der Waals surface area contributed by atoms with Crippen molar-refractivity contribution in [2.45, 2.75) is 12.6 Å². The Morgan fingerprint density at radius 2 is 2.28 bits per heavy atom. The van der Waals surface area contributed by atoms with Crippen molar-refractivity contribution in [2.24, 2.45) is 0 Å². The summed E-state index contributed by atoms with van der Waals surface area (Å²) in [7, 11) is 0. The van der Waals surface area contributed by atoms with Gasteiger partial charge < -0.3 is 9.63 Å². The summed E-state index contributed by atoms with van der Waals surface area (Å²) in [6, 6.07) is 7.32. The van der Waals surface area contributed by atoms with Crippen molar-refractivity contribution in [3.05, 3.63) is 35.2 Å². The molecule has 0 radical (unpaired) electrons. The molecule has 3 rings (SSSR count). The van der Waals surface area contributed by atoms with Crippen molar-refractivity contribution >= 4 is 11.6 Å². The summed E-state index contributed by atoms with van der Waals surface area (Å²) in [6.45, 7) is 1.90. The first kappa shape index (κ1) is 11.6. The Kier molecular flexibility index (Phi) is 3.03. The zero-order chi connectivity index (χ0) is 12.5. The van der Waals surface area contributed by atoms with Crippen LogP contribution in [-0.2, 0) is 6.54 Å². The predicted molar refractivity (Wildman–Crippen MR) is 66.0 cm³/mol. The Hall–Kier alpha value is -1.43. The van der Waals surface area contributed by atoms with Crippen LogP contribution in [0.5, 0.6) is 0 Å². The lowest BCUT2D eigenvalue weighted by molar-refractivity contribution is -0.00806. The summed E-state index contributed by atoms with van der Waals surface area (Å²) in [5.74, 6) is 1.09. The van der Waals surface area contributed by atoms with Crippen molar-refractivity contribution in [3.63, 3.8) is 0 Å². The van der Waals surface area contributed by atoms with E-state index in [-0.39, 0.29) is 6.10 Å². The lowest BCUT2D eigenvalue weighted by Crippen LogP contribution is -2.49. The molecule has 1 aliphatic rings. The Labute approximate surface area is 109 Å². The highest BCUT2D eigenvalue weighted by molar-refractivity contribution is 6.30. The van der Waals surface area contributed by atoms with Gasteiger partial charge in [0.25, 0.3) is 0 Å². The lowest BCUT2D eigenvalue weighted by atomic mass is 10.2. The van der Waals surface area contributed by atoms with Crippen LogP contribution in [0.25, 0.3) is 11.4 Å². The fourth-order valence-corrected chi connectivity index (χ4v) is 2.12. The normalized spacial score (nSPS) is 16.8. The van der Waals surface area contributed by atoms with Crippen LogP contribution in [0.4, 0.5) is 0 Å². The van der Waals surface area contributed by atoms with E-state index in [0.29, 0.717) is 36.4 Å². The van der Waals surface area contributed by atoms with Crippen molar-refractivity contribution in [1.29, 1.82) is 0 Å². The molecule has 1 aromatic carbocycles. The Balaban J connectivity index is 1.73. The number of aliphatic hydroxyl groups excluding tert-OH is 1. The summed E-state index contributed by atoms with van der Waals surface area (Å²) >= 11 is 5.91. The molecule has 0 saturated carbocycles. The van der Waals surface area contributed by atoms with E-state index in [2.05, 4.69) is 10.1 Å². The molecule has 0 atom stereocenters. The number of halogens is 1. The minimum Gasteiger partial charge on any atom is -0.390 e. The summed E-state index contributed by atoms with van der Waals surface area (Å²) in [5, 5.41) is 13.8. The second-order valence-corrected chi connectivity index (χ2v) is 4.81. The highest BCUT2D eigenvalue weighted by Crippen LogP contribution is 2.20. The molecule has 0 bridgehead atoms. The molecule has 5 nitrogen and oxygen atoms in total. The lowest BCUT2D eigenvalue weighted by Gasteiger charge is -2.34. The van der Waals surface area contributed by atoms with Crippen LogP contribution < -0.4 is 0 Å². The Bertz CT molecular complexity index is 552. The Morgan fingerprint density at radius 3 is 3.00 bits per heavy atom. The van der Waals surface area contributed by atoms with Gasteiger partial charge in [-0.1, -0.05) is 28.9 Å². The number of aromatic nitrogens is 2. The first-order chi connectivity index (χ1) is 8.70. The fourth-order valence-electron chi connectivity index (χ4n) is 1.93. The van der Waals surface area contributed by atoms with Crippen molar-refractivity contribution in [3.8, 4) is 11.4 Å². The highest BCUT2D eigenvalue weighted by Gasteiger charge is 2.25. The van der Waals surface area contributed by atoms with E-state index in [1.165, 1.54) is 0 Å². The SMILES string of the molecule is OC1CN(Cc2nc(-c3cccc(Cl)c3)no2)C1. The van der Waals surface area contributed by atoms with Crippen LogP contribution in [0.1, 0.15) is 5.89 Å². The maximum absolute atomic E-state index is 9.19. The van der Waals surface area contributed by atoms with Crippen LogP contribution in [-0.4, -0.2) is 39.3 Å². The maximum atomic E-state index is 9.19. The molecule has 1 aliphatic heterocycles. The molecular weight excluding hydrogens is 254 g/mol. The fraction of sp³-hybridized carbons (Fsp3) is 0.333. The molecule has 0 spiro atoms. The minimum absolute atomic E-state index is 0.222. The molecular formula is C12H12ClN3O2. The van der Waals surface area contributed by atoms with Crippen LogP contribution in [0.3, 0.4) is 0 Å². The molecule has 1 saturated heterocycles. The largest absolute Gasteiger partial charge is 0.390 e. The highest BCUT2D eigenvalue weighted by atomic mass is 35.5. The van der Waals surface area contributed by atoms with Gasteiger partial charge in [-0.15, -0.1) is 0 Å². The first-order valence-electron chi connectivity index (χ1n) is 5.69. The van der Waals surface area contributed by atoms with Gasteiger partial charge in [0.05, 0.1) is 12.6 Å². The number of rotatable bonds is 3. The van der Waals surface area contributed by atoms with E-state index < -0.39 is 0 Å². The minimum atomic E-state index is -0.222. The standard InChI is InChI=1S/C12H12ClN3O2/c13-9-3-1-2-8(4-9)12-14-11(18-15-12)7-16-5-10(17)6-16/h1-4,10,17H,5-7H2. The number of benzene rings is 1. The number of nitrogens with zero attached hydrogens (tertiary/aromatic N) is 3. The molecule has 1 N–H and O–H groups in total. The van der Waals surface area contributed by atoms with Crippen LogP contribution in [0.15, 0.2) is 28.8 Å². The predicted octanol–water partition coefficient (Wildman–Crippen LogP) is 1.57. The van der Waals surface area contributed by atoms with E-state index in [9.17, 15) is 5.11 Å². The number of likely N-dealkylation sites (tertiary alicyclic amines) is 1. The molecule has 2 aromatic rings. The quantitative estimate of drug-likeness (QED) is 0.913. The van der Waals surface area contributed by atoms with E-state index in [4.69, 9.17) is 16.1 Å². The van der Waals surface area contributed by atoms with E-state index in [1.807, 2.05) is 17.0 Å². The average molecular weight is 266 g/mol. The van der Waals surface area contributed by atoms with Gasteiger partial charge >= 0.3 is 0 Å². The van der Waals surface area contributed by atoms with Gasteiger partial charge in [-0.3, -0.25) is 4.90 Å². The average Bonchev–Trinajstić information content (AvgIpc) is 2.76. The van der Waals surface area contributed by atoms with Gasteiger partial charge in [0.1, 0.15) is 0 Å². The summed E-state index contributed by atoms with van der Waals surface area (Å²) in [5.41, 5.74) is 0.834. The van der Waals surface area contributed by atoms with Crippen LogP contribution >= 0.6 is 11.6 Å². The zero-order valence-corrected chi connectivity index (χ0v) is 10.3.